The molecule has 32 heavy (non-hydrogen) atoms. The molecule has 0 radical (unpaired) electrons. The topological polar surface area (TPSA) is 116 Å². The molecule has 0 aliphatic rings. The maximum Gasteiger partial charge on any atom is 0.319 e. The summed E-state index contributed by atoms with van der Waals surface area (Å²) in [5.74, 6) is -0.0469. The van der Waals surface area contributed by atoms with Crippen LogP contribution < -0.4 is 21.5 Å². The summed E-state index contributed by atoms with van der Waals surface area (Å²) in [4.78, 5) is 44.4. The van der Waals surface area contributed by atoms with Crippen molar-refractivity contribution in [1.82, 2.24) is 15.3 Å². The number of carbonyl (C=O) groups excluding carboxylic acids is 2. The third-order valence-corrected chi connectivity index (χ3v) is 4.83. The zero-order valence-corrected chi connectivity index (χ0v) is 18.3. The number of amides is 3. The molecule has 166 valence electrons. The van der Waals surface area contributed by atoms with Gasteiger partial charge in [0.05, 0.1) is 0 Å². The molecular formula is C24H27N5O3. The first-order valence-corrected chi connectivity index (χ1v) is 10.5. The van der Waals surface area contributed by atoms with Crippen LogP contribution in [0.1, 0.15) is 26.5 Å². The molecule has 1 unspecified atom stereocenters. The van der Waals surface area contributed by atoms with Gasteiger partial charge in [-0.1, -0.05) is 51.1 Å². The molecule has 0 saturated carbocycles. The number of nitrogens with zero attached hydrogens (tertiary/aromatic N) is 1. The Kier molecular flexibility index (Phi) is 7.38. The summed E-state index contributed by atoms with van der Waals surface area (Å²) in [7, 11) is 0. The van der Waals surface area contributed by atoms with Gasteiger partial charge in [0, 0.05) is 28.7 Å². The van der Waals surface area contributed by atoms with E-state index in [1.807, 2.05) is 39.0 Å². The van der Waals surface area contributed by atoms with Gasteiger partial charge in [0.25, 0.3) is 5.56 Å². The average Bonchev–Trinajstić information content (AvgIpc) is 2.77. The second-order valence-corrected chi connectivity index (χ2v) is 7.70. The molecule has 3 aromatic rings. The van der Waals surface area contributed by atoms with E-state index in [9.17, 15) is 14.4 Å². The summed E-state index contributed by atoms with van der Waals surface area (Å²) < 4.78 is 0. The Morgan fingerprint density at radius 2 is 1.69 bits per heavy atom. The third-order valence-electron chi connectivity index (χ3n) is 4.83. The summed E-state index contributed by atoms with van der Waals surface area (Å²) in [6.07, 6.45) is 0.639. The maximum absolute atomic E-state index is 12.9. The van der Waals surface area contributed by atoms with E-state index < -0.39 is 12.1 Å². The molecule has 0 aliphatic heterocycles. The van der Waals surface area contributed by atoms with E-state index >= 15 is 0 Å². The van der Waals surface area contributed by atoms with Gasteiger partial charge >= 0.3 is 6.03 Å². The lowest BCUT2D eigenvalue weighted by Crippen LogP contribution is -2.48. The van der Waals surface area contributed by atoms with Crippen molar-refractivity contribution in [2.45, 2.75) is 33.2 Å². The Balaban J connectivity index is 1.73. The van der Waals surface area contributed by atoms with Gasteiger partial charge in [-0.05, 0) is 36.6 Å². The first-order chi connectivity index (χ1) is 15.4. The summed E-state index contributed by atoms with van der Waals surface area (Å²) in [6.45, 7) is 5.64. The smallest absolute Gasteiger partial charge is 0.319 e. The lowest BCUT2D eigenvalue weighted by atomic mass is 10.0. The maximum atomic E-state index is 12.9. The van der Waals surface area contributed by atoms with Crippen LogP contribution in [0.25, 0.3) is 11.4 Å². The molecule has 8 heteroatoms. The van der Waals surface area contributed by atoms with Crippen molar-refractivity contribution in [3.05, 3.63) is 76.7 Å². The van der Waals surface area contributed by atoms with E-state index in [4.69, 9.17) is 0 Å². The number of rotatable bonds is 7. The monoisotopic (exact) mass is 433 g/mol. The molecule has 3 amide bonds. The number of anilines is 2. The third kappa shape index (κ3) is 6.04. The molecule has 0 saturated heterocycles. The number of para-hydroxylation sites is 1. The fourth-order valence-electron chi connectivity index (χ4n) is 3.15. The quantitative estimate of drug-likeness (QED) is 0.454. The minimum Gasteiger partial charge on any atom is -0.326 e. The molecular weight excluding hydrogens is 406 g/mol. The molecule has 0 spiro atoms. The Labute approximate surface area is 186 Å². The standard InChI is InChI=1S/C24H27N5O3/c1-4-17-14-20(30)28-22(25-17)16-9-8-12-19(13-16)26-23(31)21(15(2)3)29-24(32)27-18-10-6-5-7-11-18/h5-15,21H,4H2,1-3H3,(H,26,31)(H,25,28,30)(H2,27,29,32). The van der Waals surface area contributed by atoms with Crippen molar-refractivity contribution in [2.24, 2.45) is 5.92 Å². The average molecular weight is 434 g/mol. The second-order valence-electron chi connectivity index (χ2n) is 7.70. The molecule has 0 aliphatic carbocycles. The summed E-state index contributed by atoms with van der Waals surface area (Å²) in [5.41, 5.74) is 2.30. The fourth-order valence-corrected chi connectivity index (χ4v) is 3.15. The van der Waals surface area contributed by atoms with Crippen molar-refractivity contribution in [1.29, 1.82) is 0 Å². The van der Waals surface area contributed by atoms with E-state index in [0.717, 1.165) is 0 Å². The lowest BCUT2D eigenvalue weighted by molar-refractivity contribution is -0.118. The Bertz CT molecular complexity index is 1140. The number of carbonyl (C=O) groups is 2. The molecule has 4 N–H and O–H groups in total. The van der Waals surface area contributed by atoms with Gasteiger partial charge in [-0.25, -0.2) is 9.78 Å². The van der Waals surface area contributed by atoms with Crippen LogP contribution >= 0.6 is 0 Å². The number of hydrogen-bond donors (Lipinski definition) is 4. The number of H-pyrrole nitrogens is 1. The van der Waals surface area contributed by atoms with E-state index in [1.165, 1.54) is 6.07 Å². The number of urea groups is 1. The van der Waals surface area contributed by atoms with E-state index in [0.29, 0.717) is 34.9 Å². The Morgan fingerprint density at radius 3 is 2.38 bits per heavy atom. The fraction of sp³-hybridized carbons (Fsp3) is 0.250. The van der Waals surface area contributed by atoms with Crippen molar-refractivity contribution in [2.75, 3.05) is 10.6 Å². The minimum atomic E-state index is -0.747. The highest BCUT2D eigenvalue weighted by Gasteiger charge is 2.24. The Hall–Kier alpha value is -3.94. The van der Waals surface area contributed by atoms with Gasteiger partial charge in [-0.3, -0.25) is 9.59 Å². The Morgan fingerprint density at radius 1 is 0.969 bits per heavy atom. The minimum absolute atomic E-state index is 0.140. The molecule has 1 atom stereocenters. The zero-order chi connectivity index (χ0) is 23.1. The van der Waals surface area contributed by atoms with Gasteiger partial charge in [0.2, 0.25) is 5.91 Å². The van der Waals surface area contributed by atoms with Crippen LogP contribution in [-0.4, -0.2) is 27.9 Å². The SMILES string of the molecule is CCc1cc(=O)[nH]c(-c2cccc(NC(=O)C(NC(=O)Nc3ccccc3)C(C)C)c2)n1. The highest BCUT2D eigenvalue weighted by atomic mass is 16.2. The van der Waals surface area contributed by atoms with Crippen LogP contribution in [0.2, 0.25) is 0 Å². The molecule has 2 aromatic carbocycles. The van der Waals surface area contributed by atoms with E-state index in [1.54, 1.807) is 36.4 Å². The largest absolute Gasteiger partial charge is 0.326 e. The van der Waals surface area contributed by atoms with Crippen LogP contribution in [0.4, 0.5) is 16.2 Å². The number of aryl methyl sites for hydroxylation is 1. The van der Waals surface area contributed by atoms with Gasteiger partial charge in [-0.2, -0.15) is 0 Å². The highest BCUT2D eigenvalue weighted by Crippen LogP contribution is 2.20. The summed E-state index contributed by atoms with van der Waals surface area (Å²) in [5, 5.41) is 8.30. The van der Waals surface area contributed by atoms with Crippen molar-refractivity contribution >= 4 is 23.3 Å². The van der Waals surface area contributed by atoms with E-state index in [-0.39, 0.29) is 17.4 Å². The zero-order valence-electron chi connectivity index (χ0n) is 18.3. The molecule has 0 fully saturated rings. The van der Waals surface area contributed by atoms with Crippen LogP contribution in [0.3, 0.4) is 0 Å². The molecule has 8 nitrogen and oxygen atoms in total. The summed E-state index contributed by atoms with van der Waals surface area (Å²) in [6, 6.07) is 16.3. The van der Waals surface area contributed by atoms with Crippen molar-refractivity contribution in [3.8, 4) is 11.4 Å². The first kappa shape index (κ1) is 22.7. The van der Waals surface area contributed by atoms with Crippen LogP contribution in [0, 0.1) is 5.92 Å². The second kappa shape index (κ2) is 10.4. The van der Waals surface area contributed by atoms with Crippen molar-refractivity contribution in [3.63, 3.8) is 0 Å². The van der Waals surface area contributed by atoms with Gasteiger partial charge in [0.15, 0.2) is 0 Å². The van der Waals surface area contributed by atoms with E-state index in [2.05, 4.69) is 25.9 Å². The highest BCUT2D eigenvalue weighted by molar-refractivity contribution is 5.99. The van der Waals surface area contributed by atoms with Gasteiger partial charge in [0.1, 0.15) is 11.9 Å². The lowest BCUT2D eigenvalue weighted by Gasteiger charge is -2.22. The van der Waals surface area contributed by atoms with Crippen LogP contribution in [0.5, 0.6) is 0 Å². The molecule has 1 aromatic heterocycles. The van der Waals surface area contributed by atoms with Gasteiger partial charge in [-0.15, -0.1) is 0 Å². The number of hydrogen-bond acceptors (Lipinski definition) is 4. The number of aromatic amines is 1. The molecule has 0 bridgehead atoms. The predicted molar refractivity (Wildman–Crippen MR) is 126 cm³/mol. The summed E-state index contributed by atoms with van der Waals surface area (Å²) >= 11 is 0. The normalized spacial score (nSPS) is 11.6. The number of nitrogens with one attached hydrogen (secondary N) is 4. The van der Waals surface area contributed by atoms with Crippen LogP contribution in [-0.2, 0) is 11.2 Å². The predicted octanol–water partition coefficient (Wildman–Crippen LogP) is 3.78. The molecule has 3 rings (SSSR count). The van der Waals surface area contributed by atoms with Crippen LogP contribution in [0.15, 0.2) is 65.5 Å². The van der Waals surface area contributed by atoms with Crippen molar-refractivity contribution < 1.29 is 9.59 Å². The van der Waals surface area contributed by atoms with Gasteiger partial charge < -0.3 is 20.9 Å². The number of aromatic nitrogens is 2. The first-order valence-electron chi connectivity index (χ1n) is 10.5. The number of benzene rings is 2. The molecule has 1 heterocycles.